The fourth-order valence-corrected chi connectivity index (χ4v) is 0.515. The Morgan fingerprint density at radius 2 is 2.62 bits per heavy atom. The Morgan fingerprint density at radius 3 is 2.75 bits per heavy atom. The average molecular weight is 114 g/mol. The van der Waals surface area contributed by atoms with Crippen LogP contribution in [0.3, 0.4) is 0 Å². The van der Waals surface area contributed by atoms with Crippen LogP contribution >= 0.6 is 0 Å². The standard InChI is InChI=1S/C5H8NO2/c1-6-5(7)4-2-8-3-4/h2,4H,3H2,1H3,(H,6,7). The fourth-order valence-electron chi connectivity index (χ4n) is 0.515. The third-order valence-corrected chi connectivity index (χ3v) is 1.12. The third-order valence-electron chi connectivity index (χ3n) is 1.12. The molecule has 0 bridgehead atoms. The molecule has 0 aliphatic carbocycles. The molecule has 1 fully saturated rings. The van der Waals surface area contributed by atoms with Crippen LogP contribution in [0.4, 0.5) is 0 Å². The first kappa shape index (κ1) is 5.56. The van der Waals surface area contributed by atoms with Gasteiger partial charge in [-0.15, -0.1) is 0 Å². The van der Waals surface area contributed by atoms with Crippen LogP contribution in [0, 0.1) is 12.5 Å². The lowest BCUT2D eigenvalue weighted by Gasteiger charge is -2.22. The Labute approximate surface area is 48.0 Å². The number of hydrogen-bond donors (Lipinski definition) is 1. The van der Waals surface area contributed by atoms with Crippen LogP contribution < -0.4 is 5.32 Å². The monoisotopic (exact) mass is 114 g/mol. The van der Waals surface area contributed by atoms with E-state index in [1.54, 1.807) is 13.7 Å². The Hall–Kier alpha value is -0.570. The van der Waals surface area contributed by atoms with E-state index < -0.39 is 0 Å². The number of amides is 1. The Balaban J connectivity index is 2.24. The fraction of sp³-hybridized carbons (Fsp3) is 0.600. The minimum absolute atomic E-state index is 0.000000000000000222. The zero-order valence-corrected chi connectivity index (χ0v) is 4.68. The molecule has 0 aromatic rings. The van der Waals surface area contributed by atoms with Crippen molar-refractivity contribution in [3.05, 3.63) is 6.61 Å². The van der Waals surface area contributed by atoms with Crippen LogP contribution in [-0.4, -0.2) is 19.6 Å². The molecule has 3 heteroatoms. The van der Waals surface area contributed by atoms with Crippen molar-refractivity contribution in [3.8, 4) is 0 Å². The van der Waals surface area contributed by atoms with E-state index in [0.717, 1.165) is 0 Å². The summed E-state index contributed by atoms with van der Waals surface area (Å²) in [7, 11) is 1.62. The van der Waals surface area contributed by atoms with Crippen molar-refractivity contribution >= 4 is 5.91 Å². The molecule has 1 saturated heterocycles. The van der Waals surface area contributed by atoms with Crippen molar-refractivity contribution in [2.75, 3.05) is 13.7 Å². The van der Waals surface area contributed by atoms with Crippen molar-refractivity contribution in [1.82, 2.24) is 5.32 Å². The van der Waals surface area contributed by atoms with E-state index >= 15 is 0 Å². The topological polar surface area (TPSA) is 38.3 Å². The van der Waals surface area contributed by atoms with E-state index in [4.69, 9.17) is 0 Å². The van der Waals surface area contributed by atoms with Gasteiger partial charge in [0.05, 0.1) is 19.1 Å². The van der Waals surface area contributed by atoms with Gasteiger partial charge in [0.25, 0.3) is 0 Å². The van der Waals surface area contributed by atoms with Crippen LogP contribution in [0.2, 0.25) is 0 Å². The molecule has 1 N–H and O–H groups in total. The molecule has 1 heterocycles. The summed E-state index contributed by atoms with van der Waals surface area (Å²) in [5.41, 5.74) is 0. The van der Waals surface area contributed by atoms with E-state index in [-0.39, 0.29) is 11.8 Å². The van der Waals surface area contributed by atoms with Crippen molar-refractivity contribution in [2.24, 2.45) is 5.92 Å². The molecule has 1 amide bonds. The van der Waals surface area contributed by atoms with Crippen LogP contribution in [0.15, 0.2) is 0 Å². The SMILES string of the molecule is CNC(=O)C1[CH]OC1. The molecule has 1 radical (unpaired) electrons. The van der Waals surface area contributed by atoms with E-state index in [0.29, 0.717) is 6.61 Å². The molecule has 1 unspecified atom stereocenters. The summed E-state index contributed by atoms with van der Waals surface area (Å²) >= 11 is 0. The maximum atomic E-state index is 10.6. The molecule has 0 aromatic carbocycles. The lowest BCUT2D eigenvalue weighted by molar-refractivity contribution is -0.131. The molecule has 1 atom stereocenters. The summed E-state index contributed by atoms with van der Waals surface area (Å²) < 4.78 is 4.67. The van der Waals surface area contributed by atoms with Gasteiger partial charge >= 0.3 is 0 Å². The van der Waals surface area contributed by atoms with Gasteiger partial charge in [0, 0.05) is 7.05 Å². The van der Waals surface area contributed by atoms with Crippen LogP contribution in [-0.2, 0) is 9.53 Å². The summed E-state index contributed by atoms with van der Waals surface area (Å²) in [4.78, 5) is 10.6. The summed E-state index contributed by atoms with van der Waals surface area (Å²) in [5.74, 6) is 0.0382. The molecule has 3 nitrogen and oxygen atoms in total. The highest BCUT2D eigenvalue weighted by atomic mass is 16.5. The van der Waals surface area contributed by atoms with E-state index in [2.05, 4.69) is 10.1 Å². The lowest BCUT2D eigenvalue weighted by Crippen LogP contribution is -2.37. The molecule has 8 heavy (non-hydrogen) atoms. The number of rotatable bonds is 1. The van der Waals surface area contributed by atoms with Gasteiger partial charge in [0.15, 0.2) is 0 Å². The largest absolute Gasteiger partial charge is 0.374 e. The van der Waals surface area contributed by atoms with E-state index in [1.807, 2.05) is 0 Å². The zero-order chi connectivity index (χ0) is 5.98. The Morgan fingerprint density at radius 1 is 2.00 bits per heavy atom. The van der Waals surface area contributed by atoms with Crippen molar-refractivity contribution in [1.29, 1.82) is 0 Å². The predicted molar refractivity (Wildman–Crippen MR) is 27.8 cm³/mol. The van der Waals surface area contributed by atoms with Gasteiger partial charge < -0.3 is 10.1 Å². The number of carbonyl (C=O) groups excluding carboxylic acids is 1. The maximum absolute atomic E-state index is 10.6. The first-order valence-corrected chi connectivity index (χ1v) is 2.51. The van der Waals surface area contributed by atoms with Gasteiger partial charge in [-0.05, 0) is 0 Å². The van der Waals surface area contributed by atoms with Gasteiger partial charge in [-0.2, -0.15) is 0 Å². The lowest BCUT2D eigenvalue weighted by atomic mass is 10.1. The van der Waals surface area contributed by atoms with Crippen molar-refractivity contribution in [3.63, 3.8) is 0 Å². The van der Waals surface area contributed by atoms with Crippen LogP contribution in [0.5, 0.6) is 0 Å². The molecule has 1 aliphatic rings. The third kappa shape index (κ3) is 0.816. The van der Waals surface area contributed by atoms with Crippen molar-refractivity contribution in [2.45, 2.75) is 0 Å². The second-order valence-electron chi connectivity index (χ2n) is 1.69. The highest BCUT2D eigenvalue weighted by Gasteiger charge is 2.25. The Kier molecular flexibility index (Phi) is 1.48. The number of ether oxygens (including phenoxy) is 1. The molecule has 0 saturated carbocycles. The van der Waals surface area contributed by atoms with Gasteiger partial charge in [0.1, 0.15) is 0 Å². The van der Waals surface area contributed by atoms with E-state index in [9.17, 15) is 4.79 Å². The highest BCUT2D eigenvalue weighted by molar-refractivity contribution is 5.80. The van der Waals surface area contributed by atoms with Gasteiger partial charge in [0.2, 0.25) is 5.91 Å². The van der Waals surface area contributed by atoms with E-state index in [1.165, 1.54) is 0 Å². The molecule has 0 aromatic heterocycles. The van der Waals surface area contributed by atoms with Gasteiger partial charge in [-0.25, -0.2) is 0 Å². The first-order chi connectivity index (χ1) is 3.84. The summed E-state index contributed by atoms with van der Waals surface area (Å²) in [6.45, 7) is 2.08. The molecular formula is C5H8NO2. The second kappa shape index (κ2) is 2.13. The van der Waals surface area contributed by atoms with Crippen LogP contribution in [0.25, 0.3) is 0 Å². The second-order valence-corrected chi connectivity index (χ2v) is 1.69. The highest BCUT2D eigenvalue weighted by Crippen LogP contribution is 2.13. The number of nitrogens with one attached hydrogen (secondary N) is 1. The van der Waals surface area contributed by atoms with Crippen molar-refractivity contribution < 1.29 is 9.53 Å². The molecular weight excluding hydrogens is 106 g/mol. The predicted octanol–water partition coefficient (Wildman–Crippen LogP) is -0.459. The smallest absolute Gasteiger partial charge is 0.227 e. The van der Waals surface area contributed by atoms with Crippen LogP contribution in [0.1, 0.15) is 0 Å². The first-order valence-electron chi connectivity index (χ1n) is 2.51. The maximum Gasteiger partial charge on any atom is 0.227 e. The summed E-state index contributed by atoms with van der Waals surface area (Å²) in [5, 5.41) is 2.52. The summed E-state index contributed by atoms with van der Waals surface area (Å²) in [6, 6.07) is 0. The summed E-state index contributed by atoms with van der Waals surface area (Å²) in [6.07, 6.45) is 0. The Bertz CT molecular complexity index is 98.6. The van der Waals surface area contributed by atoms with Gasteiger partial charge in [-0.1, -0.05) is 0 Å². The average Bonchev–Trinajstić information content (AvgIpc) is 1.62. The molecule has 1 rings (SSSR count). The normalized spacial score (nSPS) is 19.6. The minimum Gasteiger partial charge on any atom is -0.374 e. The number of hydrogen-bond acceptors (Lipinski definition) is 2. The number of carbonyl (C=O) groups is 1. The zero-order valence-electron chi connectivity index (χ0n) is 4.68. The van der Waals surface area contributed by atoms with Gasteiger partial charge in [-0.3, -0.25) is 4.79 Å². The minimum atomic E-state index is -0.000000000000000222. The molecule has 0 spiro atoms. The molecule has 1 aliphatic heterocycles. The quantitative estimate of drug-likeness (QED) is 0.501. The molecule has 45 valence electrons.